The zero-order chi connectivity index (χ0) is 23.1. The Kier molecular flexibility index (Phi) is 8.82. The molecule has 2 fully saturated rings. The van der Waals surface area contributed by atoms with E-state index < -0.39 is 6.17 Å². The Morgan fingerprint density at radius 3 is 2.53 bits per heavy atom. The fraction of sp³-hybridized carbons (Fsp3) is 0.600. The van der Waals surface area contributed by atoms with Crippen molar-refractivity contribution in [3.05, 3.63) is 34.9 Å². The molecule has 2 aromatic rings. The van der Waals surface area contributed by atoms with Gasteiger partial charge in [0.2, 0.25) is 0 Å². The molecule has 1 aromatic carbocycles. The lowest BCUT2D eigenvalue weighted by atomic mass is 9.96. The molecule has 1 saturated carbocycles. The minimum absolute atomic E-state index is 0.296. The maximum atomic E-state index is 12.4. The maximum Gasteiger partial charge on any atom is 0.154 e. The predicted octanol–water partition coefficient (Wildman–Crippen LogP) is 4.92. The number of rotatable bonds is 3. The van der Waals surface area contributed by atoms with E-state index in [1.54, 1.807) is 0 Å². The third kappa shape index (κ3) is 5.95. The molecule has 0 bridgehead atoms. The van der Waals surface area contributed by atoms with E-state index in [-0.39, 0.29) is 0 Å². The molecule has 2 N–H and O–H groups in total. The van der Waals surface area contributed by atoms with Crippen molar-refractivity contribution < 1.29 is 14.2 Å². The molecular weight excluding hydrogens is 407 g/mol. The fourth-order valence-electron chi connectivity index (χ4n) is 4.22. The van der Waals surface area contributed by atoms with Gasteiger partial charge in [0.1, 0.15) is 17.6 Å². The monoisotopic (exact) mass is 444 g/mol. The summed E-state index contributed by atoms with van der Waals surface area (Å²) >= 11 is 0. The van der Waals surface area contributed by atoms with Gasteiger partial charge >= 0.3 is 0 Å². The number of alkyl halides is 1. The Bertz CT molecular complexity index is 880. The number of hydrogen-bond acceptors (Lipinski definition) is 6. The Labute approximate surface area is 191 Å². The zero-order valence-electron chi connectivity index (χ0n) is 19.8. The van der Waals surface area contributed by atoms with Gasteiger partial charge in [-0.1, -0.05) is 19.9 Å². The Balaban J connectivity index is 0.000000244. The highest BCUT2D eigenvalue weighted by Crippen LogP contribution is 2.43. The molecule has 3 aliphatic rings. The fourth-order valence-corrected chi connectivity index (χ4v) is 4.22. The van der Waals surface area contributed by atoms with Crippen LogP contribution in [0.3, 0.4) is 0 Å². The van der Waals surface area contributed by atoms with E-state index in [2.05, 4.69) is 21.6 Å². The smallest absolute Gasteiger partial charge is 0.154 e. The van der Waals surface area contributed by atoms with Crippen molar-refractivity contribution in [3.8, 4) is 17.0 Å². The van der Waals surface area contributed by atoms with E-state index in [0.29, 0.717) is 31.4 Å². The van der Waals surface area contributed by atoms with E-state index >= 15 is 0 Å². The molecule has 5 rings (SSSR count). The number of fused-ring (bicyclic) bond motifs is 1. The summed E-state index contributed by atoms with van der Waals surface area (Å²) < 4.78 is 17.9. The van der Waals surface area contributed by atoms with Gasteiger partial charge in [0.15, 0.2) is 5.82 Å². The number of piperidine rings is 1. The number of aromatic nitrogens is 2. The van der Waals surface area contributed by atoms with Gasteiger partial charge in [0.05, 0.1) is 13.2 Å². The number of nitrogens with zero attached hydrogens (tertiary/aromatic N) is 3. The van der Waals surface area contributed by atoms with Gasteiger partial charge < -0.3 is 20.1 Å². The van der Waals surface area contributed by atoms with Gasteiger partial charge in [-0.2, -0.15) is 0 Å². The number of halogens is 1. The van der Waals surface area contributed by atoms with Gasteiger partial charge in [0.25, 0.3) is 0 Å². The van der Waals surface area contributed by atoms with Crippen LogP contribution in [0.5, 0.6) is 5.75 Å². The summed E-state index contributed by atoms with van der Waals surface area (Å²) in [6.45, 7) is 6.92. The number of hydrogen-bond donors (Lipinski definition) is 2. The average Bonchev–Trinajstić information content (AvgIpc) is 3.66. The summed E-state index contributed by atoms with van der Waals surface area (Å²) in [5.74, 6) is 1.68. The van der Waals surface area contributed by atoms with Crippen molar-refractivity contribution in [2.24, 2.45) is 0 Å². The Morgan fingerprint density at radius 1 is 1.16 bits per heavy atom. The number of ether oxygens (including phenoxy) is 1. The topological polar surface area (TPSA) is 70.5 Å². The molecule has 32 heavy (non-hydrogen) atoms. The molecule has 1 unspecified atom stereocenters. The highest BCUT2D eigenvalue weighted by molar-refractivity contribution is 5.73. The maximum absolute atomic E-state index is 12.4. The second-order valence-corrected chi connectivity index (χ2v) is 8.46. The summed E-state index contributed by atoms with van der Waals surface area (Å²) in [4.78, 5) is 2.04. The largest absolute Gasteiger partial charge is 0.507 e. The standard InChI is InChI=1S/C17H19N3O2.C6H12FN.C2H6/c1-18-17-14-9-22-7-6-12(14)16(19-20-17)13-5-4-11(8-15(13)21)10-2-3-10;1-8-4-2-3-6(7)5-8;1-2/h4-5,8,10,21H,2-3,6-7,9H2,1H3,(H,18,20);6H,2-5H2,1H3;1-2H3. The van der Waals surface area contributed by atoms with Crippen molar-refractivity contribution in [1.29, 1.82) is 0 Å². The summed E-state index contributed by atoms with van der Waals surface area (Å²) in [5, 5.41) is 22.1. The zero-order valence-corrected chi connectivity index (χ0v) is 19.8. The molecule has 1 saturated heterocycles. The van der Waals surface area contributed by atoms with E-state index in [9.17, 15) is 9.50 Å². The van der Waals surface area contributed by atoms with Crippen molar-refractivity contribution >= 4 is 5.82 Å². The van der Waals surface area contributed by atoms with Crippen molar-refractivity contribution in [1.82, 2.24) is 15.1 Å². The minimum Gasteiger partial charge on any atom is -0.507 e. The summed E-state index contributed by atoms with van der Waals surface area (Å²) in [6, 6.07) is 5.96. The highest BCUT2D eigenvalue weighted by Gasteiger charge is 2.26. The molecule has 176 valence electrons. The molecule has 1 aliphatic carbocycles. The SMILES string of the molecule is CC.CN1CCCC(F)C1.CNc1nnc(-c2ccc(C3CC3)cc2O)c2c1COCC2. The molecule has 0 amide bonds. The predicted molar refractivity (Wildman–Crippen MR) is 127 cm³/mol. The molecule has 0 radical (unpaired) electrons. The number of anilines is 1. The number of phenols is 1. The number of benzene rings is 1. The molecular formula is C25H37FN4O2. The summed E-state index contributed by atoms with van der Waals surface area (Å²) in [5.41, 5.74) is 4.93. The third-order valence-electron chi connectivity index (χ3n) is 6.06. The van der Waals surface area contributed by atoms with Crippen LogP contribution in [-0.4, -0.2) is 60.2 Å². The van der Waals surface area contributed by atoms with Crippen LogP contribution in [0.15, 0.2) is 18.2 Å². The highest BCUT2D eigenvalue weighted by atomic mass is 19.1. The van der Waals surface area contributed by atoms with Crippen LogP contribution < -0.4 is 5.32 Å². The second kappa shape index (κ2) is 11.6. The van der Waals surface area contributed by atoms with E-state index in [1.165, 1.54) is 18.4 Å². The lowest BCUT2D eigenvalue weighted by molar-refractivity contribution is 0.111. The molecule has 2 aliphatic heterocycles. The minimum atomic E-state index is -0.561. The third-order valence-corrected chi connectivity index (χ3v) is 6.06. The van der Waals surface area contributed by atoms with Gasteiger partial charge in [-0.15, -0.1) is 10.2 Å². The van der Waals surface area contributed by atoms with Crippen LogP contribution in [0.4, 0.5) is 10.2 Å². The van der Waals surface area contributed by atoms with E-state index in [1.807, 2.05) is 45.0 Å². The summed E-state index contributed by atoms with van der Waals surface area (Å²) in [6.07, 6.45) is 4.47. The van der Waals surface area contributed by atoms with Crippen LogP contribution in [0, 0.1) is 0 Å². The molecule has 7 heteroatoms. The first-order valence-electron chi connectivity index (χ1n) is 11.9. The van der Waals surface area contributed by atoms with Crippen LogP contribution in [-0.2, 0) is 17.8 Å². The van der Waals surface area contributed by atoms with Crippen LogP contribution in [0.25, 0.3) is 11.3 Å². The molecule has 1 aromatic heterocycles. The van der Waals surface area contributed by atoms with Crippen LogP contribution >= 0.6 is 0 Å². The molecule has 0 spiro atoms. The van der Waals surface area contributed by atoms with Gasteiger partial charge in [-0.3, -0.25) is 0 Å². The van der Waals surface area contributed by atoms with Crippen LogP contribution in [0.1, 0.15) is 62.1 Å². The van der Waals surface area contributed by atoms with E-state index in [0.717, 1.165) is 54.0 Å². The first kappa shape index (κ1) is 24.4. The van der Waals surface area contributed by atoms with Crippen LogP contribution in [0.2, 0.25) is 0 Å². The lowest BCUT2D eigenvalue weighted by Gasteiger charge is -2.24. The average molecular weight is 445 g/mol. The van der Waals surface area contributed by atoms with Crippen molar-refractivity contribution in [2.75, 3.05) is 39.1 Å². The Morgan fingerprint density at radius 2 is 1.94 bits per heavy atom. The Hall–Kier alpha value is -2.25. The lowest BCUT2D eigenvalue weighted by Crippen LogP contribution is -2.32. The van der Waals surface area contributed by atoms with Gasteiger partial charge in [0, 0.05) is 24.7 Å². The first-order chi connectivity index (χ1) is 15.6. The number of aromatic hydroxyl groups is 1. The van der Waals surface area contributed by atoms with E-state index in [4.69, 9.17) is 4.74 Å². The van der Waals surface area contributed by atoms with Gasteiger partial charge in [-0.05, 0) is 74.9 Å². The normalized spacial score (nSPS) is 20.2. The van der Waals surface area contributed by atoms with Crippen molar-refractivity contribution in [2.45, 2.75) is 64.6 Å². The second-order valence-electron chi connectivity index (χ2n) is 8.46. The summed E-state index contributed by atoms with van der Waals surface area (Å²) in [7, 11) is 3.80. The first-order valence-corrected chi connectivity index (χ1v) is 11.9. The number of nitrogens with one attached hydrogen (secondary N) is 1. The molecule has 6 nitrogen and oxygen atoms in total. The van der Waals surface area contributed by atoms with Gasteiger partial charge in [-0.25, -0.2) is 4.39 Å². The number of phenolic OH excluding ortho intramolecular Hbond substituents is 1. The molecule has 3 heterocycles. The van der Waals surface area contributed by atoms with Crippen molar-refractivity contribution in [3.63, 3.8) is 0 Å². The molecule has 1 atom stereocenters. The quantitative estimate of drug-likeness (QED) is 0.700. The number of likely N-dealkylation sites (tertiary alicyclic amines) is 1.